The number of phenolic OH excluding ortho intramolecular Hbond substituents is 1. The summed E-state index contributed by atoms with van der Waals surface area (Å²) < 4.78 is 0. The van der Waals surface area contributed by atoms with Gasteiger partial charge in [0.25, 0.3) is 5.91 Å². The highest BCUT2D eigenvalue weighted by atomic mass is 79.9. The first-order chi connectivity index (χ1) is 8.10. The molecule has 1 amide bonds. The van der Waals surface area contributed by atoms with Gasteiger partial charge in [0.2, 0.25) is 0 Å². The van der Waals surface area contributed by atoms with Gasteiger partial charge in [0.05, 0.1) is 5.02 Å². The lowest BCUT2D eigenvalue weighted by Gasteiger charge is -2.21. The zero-order chi connectivity index (χ0) is 12.8. The van der Waals surface area contributed by atoms with Gasteiger partial charge in [-0.15, -0.1) is 0 Å². The fourth-order valence-corrected chi connectivity index (χ4v) is 2.12. The van der Waals surface area contributed by atoms with E-state index in [4.69, 9.17) is 11.6 Å². The maximum Gasteiger partial charge on any atom is 0.253 e. The summed E-state index contributed by atoms with van der Waals surface area (Å²) in [5.41, 5.74) is 0.502. The number of nitrogens with zero attached hydrogens (tertiary/aromatic N) is 1. The van der Waals surface area contributed by atoms with Gasteiger partial charge < -0.3 is 10.0 Å². The third-order valence-electron chi connectivity index (χ3n) is 2.33. The predicted molar refractivity (Wildman–Crippen MR) is 73.1 cm³/mol. The fraction of sp³-hybridized carbons (Fsp3) is 0.417. The smallest absolute Gasteiger partial charge is 0.253 e. The molecular formula is C12H15BrClNO2. The molecule has 0 spiro atoms. The van der Waals surface area contributed by atoms with Crippen molar-refractivity contribution < 1.29 is 9.90 Å². The van der Waals surface area contributed by atoms with Crippen molar-refractivity contribution in [1.82, 2.24) is 4.90 Å². The van der Waals surface area contributed by atoms with Crippen molar-refractivity contribution in [1.29, 1.82) is 0 Å². The standard InChI is InChI=1S/C12H15BrClNO2/c1-2-6-15(7-5-13)12(17)9-3-4-11(16)10(14)8-9/h3-4,8,16H,2,5-7H2,1H3. The van der Waals surface area contributed by atoms with E-state index >= 15 is 0 Å². The van der Waals surface area contributed by atoms with Crippen LogP contribution in [0.5, 0.6) is 5.75 Å². The molecule has 0 heterocycles. The summed E-state index contributed by atoms with van der Waals surface area (Å²) in [7, 11) is 0. The lowest BCUT2D eigenvalue weighted by molar-refractivity contribution is 0.0766. The molecule has 1 N–H and O–H groups in total. The zero-order valence-electron chi connectivity index (χ0n) is 9.62. The predicted octanol–water partition coefficient (Wildman–Crippen LogP) is 3.29. The van der Waals surface area contributed by atoms with E-state index in [0.29, 0.717) is 18.7 Å². The summed E-state index contributed by atoms with van der Waals surface area (Å²) in [4.78, 5) is 13.9. The summed E-state index contributed by atoms with van der Waals surface area (Å²) in [5, 5.41) is 10.2. The number of hydrogen-bond donors (Lipinski definition) is 1. The van der Waals surface area contributed by atoms with Crippen LogP contribution in [0.2, 0.25) is 5.02 Å². The van der Waals surface area contributed by atoms with Crippen LogP contribution in [0.1, 0.15) is 23.7 Å². The number of carbonyl (C=O) groups is 1. The quantitative estimate of drug-likeness (QED) is 0.846. The number of rotatable bonds is 5. The molecule has 0 aromatic heterocycles. The van der Waals surface area contributed by atoms with Crippen molar-refractivity contribution >= 4 is 33.4 Å². The zero-order valence-corrected chi connectivity index (χ0v) is 12.0. The number of halogens is 2. The van der Waals surface area contributed by atoms with Crippen LogP contribution in [0.4, 0.5) is 0 Å². The SMILES string of the molecule is CCCN(CCBr)C(=O)c1ccc(O)c(Cl)c1. The van der Waals surface area contributed by atoms with Crippen molar-refractivity contribution in [3.63, 3.8) is 0 Å². The molecule has 0 saturated heterocycles. The molecule has 0 aliphatic carbocycles. The van der Waals surface area contributed by atoms with E-state index in [0.717, 1.165) is 11.8 Å². The largest absolute Gasteiger partial charge is 0.506 e. The molecule has 0 bridgehead atoms. The first-order valence-electron chi connectivity index (χ1n) is 5.44. The van der Waals surface area contributed by atoms with Gasteiger partial charge in [-0.05, 0) is 24.6 Å². The van der Waals surface area contributed by atoms with E-state index in [-0.39, 0.29) is 16.7 Å². The number of hydrogen-bond acceptors (Lipinski definition) is 2. The number of alkyl halides is 1. The molecule has 0 unspecified atom stereocenters. The van der Waals surface area contributed by atoms with E-state index in [9.17, 15) is 9.90 Å². The molecule has 1 aromatic carbocycles. The summed E-state index contributed by atoms with van der Waals surface area (Å²) >= 11 is 9.11. The van der Waals surface area contributed by atoms with Crippen LogP contribution in [-0.4, -0.2) is 34.3 Å². The average Bonchev–Trinajstić information content (AvgIpc) is 2.31. The first-order valence-corrected chi connectivity index (χ1v) is 6.93. The van der Waals surface area contributed by atoms with Crippen LogP contribution in [0, 0.1) is 0 Å². The Labute approximate surface area is 115 Å². The molecule has 1 aromatic rings. The summed E-state index contributed by atoms with van der Waals surface area (Å²) in [6, 6.07) is 4.52. The molecule has 17 heavy (non-hydrogen) atoms. The molecule has 0 atom stereocenters. The lowest BCUT2D eigenvalue weighted by atomic mass is 10.2. The van der Waals surface area contributed by atoms with Crippen molar-refractivity contribution in [2.45, 2.75) is 13.3 Å². The Morgan fingerprint density at radius 2 is 2.18 bits per heavy atom. The first kappa shape index (κ1) is 14.3. The van der Waals surface area contributed by atoms with Crippen molar-refractivity contribution in [3.05, 3.63) is 28.8 Å². The van der Waals surface area contributed by atoms with Gasteiger partial charge in [-0.2, -0.15) is 0 Å². The van der Waals surface area contributed by atoms with Gasteiger partial charge in [-0.25, -0.2) is 0 Å². The highest BCUT2D eigenvalue weighted by Gasteiger charge is 2.15. The van der Waals surface area contributed by atoms with Gasteiger partial charge in [-0.1, -0.05) is 34.5 Å². The van der Waals surface area contributed by atoms with Crippen LogP contribution in [-0.2, 0) is 0 Å². The number of benzene rings is 1. The molecule has 0 fully saturated rings. The highest BCUT2D eigenvalue weighted by molar-refractivity contribution is 9.09. The Morgan fingerprint density at radius 1 is 1.47 bits per heavy atom. The maximum atomic E-state index is 12.2. The monoisotopic (exact) mass is 319 g/mol. The summed E-state index contributed by atoms with van der Waals surface area (Å²) in [6.45, 7) is 3.40. The van der Waals surface area contributed by atoms with Crippen LogP contribution < -0.4 is 0 Å². The Bertz CT molecular complexity index is 392. The Kier molecular flexibility index (Phi) is 5.78. The topological polar surface area (TPSA) is 40.5 Å². The summed E-state index contributed by atoms with van der Waals surface area (Å²) in [6.07, 6.45) is 0.907. The van der Waals surface area contributed by atoms with Crippen molar-refractivity contribution in [3.8, 4) is 5.75 Å². The second kappa shape index (κ2) is 6.87. The second-order valence-electron chi connectivity index (χ2n) is 3.65. The minimum atomic E-state index is -0.0619. The number of phenols is 1. The third-order valence-corrected chi connectivity index (χ3v) is 2.99. The maximum absolute atomic E-state index is 12.2. The van der Waals surface area contributed by atoms with E-state index in [2.05, 4.69) is 15.9 Å². The minimum Gasteiger partial charge on any atom is -0.506 e. The molecule has 0 radical (unpaired) electrons. The van der Waals surface area contributed by atoms with Crippen molar-refractivity contribution in [2.75, 3.05) is 18.4 Å². The fourth-order valence-electron chi connectivity index (χ4n) is 1.51. The van der Waals surface area contributed by atoms with Crippen LogP contribution in [0.3, 0.4) is 0 Å². The molecule has 0 aliphatic rings. The van der Waals surface area contributed by atoms with Crippen molar-refractivity contribution in [2.24, 2.45) is 0 Å². The van der Waals surface area contributed by atoms with Gasteiger partial charge >= 0.3 is 0 Å². The molecule has 0 saturated carbocycles. The van der Waals surface area contributed by atoms with E-state index in [1.54, 1.807) is 11.0 Å². The highest BCUT2D eigenvalue weighted by Crippen LogP contribution is 2.24. The molecule has 1 rings (SSSR count). The van der Waals surface area contributed by atoms with Crippen LogP contribution >= 0.6 is 27.5 Å². The van der Waals surface area contributed by atoms with Gasteiger partial charge in [0.15, 0.2) is 0 Å². The molecular weight excluding hydrogens is 305 g/mol. The van der Waals surface area contributed by atoms with E-state index in [1.165, 1.54) is 12.1 Å². The molecule has 0 aliphatic heterocycles. The lowest BCUT2D eigenvalue weighted by Crippen LogP contribution is -2.33. The average molecular weight is 321 g/mol. The molecule has 94 valence electrons. The second-order valence-corrected chi connectivity index (χ2v) is 4.85. The Hall–Kier alpha value is -0.740. The Balaban J connectivity index is 2.88. The van der Waals surface area contributed by atoms with Crippen LogP contribution in [0.25, 0.3) is 0 Å². The minimum absolute atomic E-state index is 0.00857. The normalized spacial score (nSPS) is 10.3. The number of amides is 1. The third kappa shape index (κ3) is 3.89. The Morgan fingerprint density at radius 3 is 2.71 bits per heavy atom. The van der Waals surface area contributed by atoms with E-state index < -0.39 is 0 Å². The number of carbonyl (C=O) groups excluding carboxylic acids is 1. The summed E-state index contributed by atoms with van der Waals surface area (Å²) in [5.74, 6) is -0.0704. The van der Waals surface area contributed by atoms with E-state index in [1.807, 2.05) is 6.92 Å². The van der Waals surface area contributed by atoms with Gasteiger partial charge in [-0.3, -0.25) is 4.79 Å². The van der Waals surface area contributed by atoms with Gasteiger partial charge in [0, 0.05) is 24.0 Å². The number of aromatic hydroxyl groups is 1. The molecule has 5 heteroatoms. The van der Waals surface area contributed by atoms with Gasteiger partial charge in [0.1, 0.15) is 5.75 Å². The van der Waals surface area contributed by atoms with Crippen LogP contribution in [0.15, 0.2) is 18.2 Å². The molecule has 3 nitrogen and oxygen atoms in total.